The van der Waals surface area contributed by atoms with Crippen LogP contribution in [-0.2, 0) is 10.0 Å². The quantitative estimate of drug-likeness (QED) is 0.862. The normalized spacial score (nSPS) is 20.7. The maximum Gasteiger partial charge on any atom is 0.245 e. The van der Waals surface area contributed by atoms with Gasteiger partial charge in [0.1, 0.15) is 4.90 Å². The van der Waals surface area contributed by atoms with E-state index in [1.54, 1.807) is 18.2 Å². The minimum Gasteiger partial charge on any atom is -0.326 e. The van der Waals surface area contributed by atoms with Crippen LogP contribution in [0.15, 0.2) is 27.6 Å². The molecule has 1 saturated heterocycles. The molecule has 0 spiro atoms. The predicted molar refractivity (Wildman–Crippen MR) is 77.8 cm³/mol. The van der Waals surface area contributed by atoms with Crippen LogP contribution >= 0.6 is 39.9 Å². The molecule has 1 aliphatic heterocycles. The largest absolute Gasteiger partial charge is 0.326 e. The number of hydrogen-bond acceptors (Lipinski definition) is 3. The van der Waals surface area contributed by atoms with Gasteiger partial charge >= 0.3 is 0 Å². The molecular weight excluding hydrogens is 363 g/mol. The van der Waals surface area contributed by atoms with Crippen molar-refractivity contribution in [3.63, 3.8) is 0 Å². The molecule has 0 unspecified atom stereocenters. The van der Waals surface area contributed by atoms with Crippen LogP contribution in [0.5, 0.6) is 0 Å². The third-order valence-corrected chi connectivity index (χ3v) is 6.02. The first-order valence-electron chi connectivity index (χ1n) is 5.12. The highest BCUT2D eigenvalue weighted by Gasteiger charge is 2.33. The summed E-state index contributed by atoms with van der Waals surface area (Å²) in [6, 6.07) is 4.83. The smallest absolute Gasteiger partial charge is 0.245 e. The van der Waals surface area contributed by atoms with Crippen molar-refractivity contribution in [2.75, 3.05) is 13.1 Å². The molecule has 18 heavy (non-hydrogen) atoms. The van der Waals surface area contributed by atoms with Crippen molar-refractivity contribution >= 4 is 50.0 Å². The number of halogens is 3. The summed E-state index contributed by atoms with van der Waals surface area (Å²) in [7, 11) is -3.56. The third-order valence-electron chi connectivity index (χ3n) is 2.70. The topological polar surface area (TPSA) is 63.4 Å². The van der Waals surface area contributed by atoms with Crippen LogP contribution in [0.3, 0.4) is 0 Å². The molecule has 0 aromatic heterocycles. The SMILES string of the molecule is Cl.N[C@@H]1CCN(S(=O)(=O)c2c(Cl)cccc2Br)C1. The zero-order valence-electron chi connectivity index (χ0n) is 9.34. The minimum atomic E-state index is -3.56. The first kappa shape index (κ1) is 16.2. The average Bonchev–Trinajstić information content (AvgIpc) is 2.64. The fourth-order valence-electron chi connectivity index (χ4n) is 1.83. The Kier molecular flexibility index (Phi) is 5.46. The molecule has 2 rings (SSSR count). The third kappa shape index (κ3) is 3.00. The zero-order chi connectivity index (χ0) is 12.6. The number of rotatable bonds is 2. The fourth-order valence-corrected chi connectivity index (χ4v) is 5.01. The molecule has 4 nitrogen and oxygen atoms in total. The highest BCUT2D eigenvalue weighted by molar-refractivity contribution is 9.10. The van der Waals surface area contributed by atoms with Crippen LogP contribution < -0.4 is 5.73 Å². The lowest BCUT2D eigenvalue weighted by Crippen LogP contribution is -2.32. The van der Waals surface area contributed by atoms with Gasteiger partial charge in [-0.2, -0.15) is 4.31 Å². The first-order chi connectivity index (χ1) is 7.93. The maximum atomic E-state index is 12.4. The molecular formula is C10H13BrCl2N2O2S. The highest BCUT2D eigenvalue weighted by Crippen LogP contribution is 2.32. The molecule has 1 aliphatic rings. The fraction of sp³-hybridized carbons (Fsp3) is 0.400. The number of benzene rings is 1. The van der Waals surface area contributed by atoms with Gasteiger partial charge in [0.25, 0.3) is 0 Å². The van der Waals surface area contributed by atoms with Crippen LogP contribution in [-0.4, -0.2) is 31.9 Å². The molecule has 1 aromatic carbocycles. The number of nitrogens with two attached hydrogens (primary N) is 1. The first-order valence-corrected chi connectivity index (χ1v) is 7.74. The van der Waals surface area contributed by atoms with E-state index in [9.17, 15) is 8.42 Å². The molecule has 102 valence electrons. The molecule has 0 saturated carbocycles. The van der Waals surface area contributed by atoms with Gasteiger partial charge in [-0.25, -0.2) is 8.42 Å². The van der Waals surface area contributed by atoms with Gasteiger partial charge < -0.3 is 5.73 Å². The van der Waals surface area contributed by atoms with Crippen LogP contribution in [0.4, 0.5) is 0 Å². The van der Waals surface area contributed by atoms with E-state index in [2.05, 4.69) is 15.9 Å². The summed E-state index contributed by atoms with van der Waals surface area (Å²) >= 11 is 9.19. The highest BCUT2D eigenvalue weighted by atomic mass is 79.9. The van der Waals surface area contributed by atoms with Crippen molar-refractivity contribution in [1.82, 2.24) is 4.31 Å². The molecule has 0 amide bonds. The lowest BCUT2D eigenvalue weighted by atomic mass is 10.3. The molecule has 1 atom stereocenters. The summed E-state index contributed by atoms with van der Waals surface area (Å²) in [6.07, 6.45) is 0.682. The Bertz CT molecular complexity index is 518. The molecule has 1 fully saturated rings. The van der Waals surface area contributed by atoms with E-state index in [1.807, 2.05) is 0 Å². The average molecular weight is 376 g/mol. The number of sulfonamides is 1. The summed E-state index contributed by atoms with van der Waals surface area (Å²) in [6.45, 7) is 0.793. The summed E-state index contributed by atoms with van der Waals surface area (Å²) < 4.78 is 26.6. The Morgan fingerprint density at radius 2 is 2.11 bits per heavy atom. The van der Waals surface area contributed by atoms with Crippen LogP contribution in [0.2, 0.25) is 5.02 Å². The van der Waals surface area contributed by atoms with Gasteiger partial charge in [-0.3, -0.25) is 0 Å². The van der Waals surface area contributed by atoms with E-state index in [0.717, 1.165) is 0 Å². The van der Waals surface area contributed by atoms with E-state index in [1.165, 1.54) is 4.31 Å². The van der Waals surface area contributed by atoms with Crippen molar-refractivity contribution < 1.29 is 8.42 Å². The minimum absolute atomic E-state index is 0. The van der Waals surface area contributed by atoms with Gasteiger partial charge in [-0.1, -0.05) is 17.7 Å². The van der Waals surface area contributed by atoms with E-state index in [-0.39, 0.29) is 28.4 Å². The van der Waals surface area contributed by atoms with Gasteiger partial charge in [-0.05, 0) is 34.5 Å². The molecule has 0 radical (unpaired) electrons. The monoisotopic (exact) mass is 374 g/mol. The zero-order valence-corrected chi connectivity index (χ0v) is 13.3. The Balaban J connectivity index is 0.00000162. The second kappa shape index (κ2) is 6.07. The van der Waals surface area contributed by atoms with Crippen LogP contribution in [0, 0.1) is 0 Å². The standard InChI is InChI=1S/C10H12BrClN2O2S.ClH/c11-8-2-1-3-9(12)10(8)17(15,16)14-5-4-7(13)6-14;/h1-3,7H,4-6,13H2;1H/t7-;/m1./s1. The molecule has 1 aromatic rings. The van der Waals surface area contributed by atoms with E-state index in [0.29, 0.717) is 24.0 Å². The molecule has 8 heteroatoms. The molecule has 0 bridgehead atoms. The number of nitrogens with zero attached hydrogens (tertiary/aromatic N) is 1. The van der Waals surface area contributed by atoms with Gasteiger partial charge in [0.15, 0.2) is 0 Å². The lowest BCUT2D eigenvalue weighted by molar-refractivity contribution is 0.472. The number of hydrogen-bond donors (Lipinski definition) is 1. The van der Waals surface area contributed by atoms with E-state index < -0.39 is 10.0 Å². The molecule has 2 N–H and O–H groups in total. The van der Waals surface area contributed by atoms with Gasteiger partial charge in [-0.15, -0.1) is 12.4 Å². The predicted octanol–water partition coefficient (Wildman–Crippen LogP) is 2.25. The lowest BCUT2D eigenvalue weighted by Gasteiger charge is -2.17. The second-order valence-corrected chi connectivity index (χ2v) is 7.10. The van der Waals surface area contributed by atoms with E-state index in [4.69, 9.17) is 17.3 Å². The Morgan fingerprint density at radius 1 is 1.44 bits per heavy atom. The Labute approximate surface area is 126 Å². The summed E-state index contributed by atoms with van der Waals surface area (Å²) in [4.78, 5) is 0.121. The second-order valence-electron chi connectivity index (χ2n) is 3.96. The molecule has 0 aliphatic carbocycles. The van der Waals surface area contributed by atoms with Crippen molar-refractivity contribution in [1.29, 1.82) is 0 Å². The van der Waals surface area contributed by atoms with Crippen molar-refractivity contribution in [2.45, 2.75) is 17.4 Å². The Hall–Kier alpha value is 0.150. The Morgan fingerprint density at radius 3 is 2.61 bits per heavy atom. The molecule has 1 heterocycles. The summed E-state index contributed by atoms with van der Waals surface area (Å²) in [5.74, 6) is 0. The van der Waals surface area contributed by atoms with Gasteiger partial charge in [0, 0.05) is 23.6 Å². The maximum absolute atomic E-state index is 12.4. The van der Waals surface area contributed by atoms with Crippen LogP contribution in [0.1, 0.15) is 6.42 Å². The van der Waals surface area contributed by atoms with E-state index >= 15 is 0 Å². The van der Waals surface area contributed by atoms with Crippen molar-refractivity contribution in [2.24, 2.45) is 5.73 Å². The van der Waals surface area contributed by atoms with Gasteiger partial charge in [0.05, 0.1) is 5.02 Å². The van der Waals surface area contributed by atoms with Crippen molar-refractivity contribution in [3.05, 3.63) is 27.7 Å². The summed E-state index contributed by atoms with van der Waals surface area (Å²) in [5.41, 5.74) is 5.73. The summed E-state index contributed by atoms with van der Waals surface area (Å²) in [5, 5.41) is 0.222. The van der Waals surface area contributed by atoms with Crippen LogP contribution in [0.25, 0.3) is 0 Å². The van der Waals surface area contributed by atoms with Crippen molar-refractivity contribution in [3.8, 4) is 0 Å². The van der Waals surface area contributed by atoms with Gasteiger partial charge in [0.2, 0.25) is 10.0 Å².